The molecule has 0 bridgehead atoms. The molecule has 23 heavy (non-hydrogen) atoms. The molecule has 2 unspecified atom stereocenters. The van der Waals surface area contributed by atoms with Gasteiger partial charge in [0.15, 0.2) is 0 Å². The lowest BCUT2D eigenvalue weighted by Crippen LogP contribution is -2.28. The highest BCUT2D eigenvalue weighted by Crippen LogP contribution is 2.38. The van der Waals surface area contributed by atoms with Crippen LogP contribution in [0.15, 0.2) is 0 Å². The van der Waals surface area contributed by atoms with E-state index in [1.165, 1.54) is 51.4 Å². The van der Waals surface area contributed by atoms with E-state index in [-0.39, 0.29) is 0 Å². The van der Waals surface area contributed by atoms with Gasteiger partial charge in [-0.1, -0.05) is 13.8 Å². The lowest BCUT2D eigenvalue weighted by atomic mass is 9.96. The average Bonchev–Trinajstić information content (AvgIpc) is 2.53. The Kier molecular flexibility index (Phi) is 9.57. The molecule has 0 aromatic carbocycles. The fourth-order valence-corrected chi connectivity index (χ4v) is 5.30. The fraction of sp³-hybridized carbons (Fsp3) is 1.00. The third-order valence-electron chi connectivity index (χ3n) is 4.77. The maximum atomic E-state index is 5.93. The van der Waals surface area contributed by atoms with Crippen molar-refractivity contribution in [1.29, 1.82) is 0 Å². The van der Waals surface area contributed by atoms with Crippen LogP contribution in [0.2, 0.25) is 0 Å². The van der Waals surface area contributed by atoms with Crippen LogP contribution in [-0.2, 0) is 9.47 Å². The standard InChI is InChI=1S/C18H34O2S3/c1-13(21)11-19-15-3-7-17(8-4-15)23-18-9-5-16(6-10-18)20-12-14(2)22/h13-18,21-22H,3-12H2,1-2H3. The van der Waals surface area contributed by atoms with Gasteiger partial charge in [0.1, 0.15) is 0 Å². The van der Waals surface area contributed by atoms with Crippen molar-refractivity contribution in [3.63, 3.8) is 0 Å². The van der Waals surface area contributed by atoms with Crippen LogP contribution >= 0.6 is 37.0 Å². The van der Waals surface area contributed by atoms with Gasteiger partial charge in [-0.15, -0.1) is 0 Å². The van der Waals surface area contributed by atoms with Gasteiger partial charge in [-0.3, -0.25) is 0 Å². The molecule has 2 aliphatic carbocycles. The summed E-state index contributed by atoms with van der Waals surface area (Å²) in [6, 6.07) is 0. The normalized spacial score (nSPS) is 35.0. The molecule has 0 aromatic rings. The summed E-state index contributed by atoms with van der Waals surface area (Å²) in [6.07, 6.45) is 11.2. The van der Waals surface area contributed by atoms with Crippen LogP contribution in [0.4, 0.5) is 0 Å². The van der Waals surface area contributed by atoms with Gasteiger partial charge in [-0.25, -0.2) is 0 Å². The third-order valence-corrected chi connectivity index (χ3v) is 6.78. The Bertz CT molecular complexity index is 279. The largest absolute Gasteiger partial charge is 0.377 e. The molecule has 2 rings (SSSR count). The summed E-state index contributed by atoms with van der Waals surface area (Å²) >= 11 is 11.0. The van der Waals surface area contributed by atoms with Crippen molar-refractivity contribution < 1.29 is 9.47 Å². The highest BCUT2D eigenvalue weighted by Gasteiger charge is 2.28. The topological polar surface area (TPSA) is 18.5 Å². The first-order valence-electron chi connectivity index (χ1n) is 9.27. The summed E-state index contributed by atoms with van der Waals surface area (Å²) in [4.78, 5) is 0. The Morgan fingerprint density at radius 2 is 1.09 bits per heavy atom. The van der Waals surface area contributed by atoms with Gasteiger partial charge >= 0.3 is 0 Å². The monoisotopic (exact) mass is 378 g/mol. The van der Waals surface area contributed by atoms with Crippen molar-refractivity contribution in [3.8, 4) is 0 Å². The van der Waals surface area contributed by atoms with E-state index in [0.717, 1.165) is 23.7 Å². The zero-order chi connectivity index (χ0) is 16.7. The summed E-state index contributed by atoms with van der Waals surface area (Å²) in [5, 5.41) is 2.40. The van der Waals surface area contributed by atoms with E-state index in [0.29, 0.717) is 22.7 Å². The number of thiol groups is 2. The number of hydrogen-bond acceptors (Lipinski definition) is 5. The summed E-state index contributed by atoms with van der Waals surface area (Å²) in [6.45, 7) is 5.78. The van der Waals surface area contributed by atoms with Crippen LogP contribution in [0, 0.1) is 0 Å². The minimum Gasteiger partial charge on any atom is -0.377 e. The van der Waals surface area contributed by atoms with Gasteiger partial charge in [0, 0.05) is 21.0 Å². The second-order valence-electron chi connectivity index (χ2n) is 7.30. The molecule has 5 heteroatoms. The van der Waals surface area contributed by atoms with Crippen LogP contribution < -0.4 is 0 Å². The van der Waals surface area contributed by atoms with E-state index in [1.54, 1.807) is 0 Å². The Labute approximate surface area is 158 Å². The molecule has 0 N–H and O–H groups in total. The van der Waals surface area contributed by atoms with E-state index < -0.39 is 0 Å². The molecule has 0 spiro atoms. The van der Waals surface area contributed by atoms with Crippen molar-refractivity contribution >= 4 is 37.0 Å². The van der Waals surface area contributed by atoms with E-state index in [9.17, 15) is 0 Å². The zero-order valence-electron chi connectivity index (χ0n) is 14.7. The number of ether oxygens (including phenoxy) is 2. The van der Waals surface area contributed by atoms with Crippen LogP contribution in [0.25, 0.3) is 0 Å². The Morgan fingerprint density at radius 1 is 0.739 bits per heavy atom. The molecular weight excluding hydrogens is 344 g/mol. The molecule has 136 valence electrons. The first-order chi connectivity index (χ1) is 11.0. The molecule has 0 heterocycles. The molecule has 2 atom stereocenters. The quantitative estimate of drug-likeness (QED) is 0.579. The Balaban J connectivity index is 1.57. The second kappa shape index (κ2) is 10.8. The number of thioether (sulfide) groups is 1. The molecule has 2 fully saturated rings. The minimum atomic E-state index is 0.352. The van der Waals surface area contributed by atoms with Gasteiger partial charge in [-0.2, -0.15) is 37.0 Å². The Morgan fingerprint density at radius 3 is 1.39 bits per heavy atom. The Hall–Kier alpha value is 0.970. The van der Waals surface area contributed by atoms with E-state index in [2.05, 4.69) is 50.9 Å². The van der Waals surface area contributed by atoms with Gasteiger partial charge in [-0.05, 0) is 51.4 Å². The van der Waals surface area contributed by atoms with Crippen LogP contribution in [-0.4, -0.2) is 46.4 Å². The molecule has 2 nitrogen and oxygen atoms in total. The molecule has 0 amide bonds. The minimum absolute atomic E-state index is 0.352. The van der Waals surface area contributed by atoms with Crippen molar-refractivity contribution in [3.05, 3.63) is 0 Å². The molecule has 2 aliphatic rings. The highest BCUT2D eigenvalue weighted by atomic mass is 32.2. The van der Waals surface area contributed by atoms with Crippen molar-refractivity contribution in [2.45, 2.75) is 98.4 Å². The first-order valence-corrected chi connectivity index (χ1v) is 11.2. The summed E-state index contributed by atoms with van der Waals surface area (Å²) in [7, 11) is 0. The van der Waals surface area contributed by atoms with Gasteiger partial charge in [0.25, 0.3) is 0 Å². The third kappa shape index (κ3) is 8.26. The van der Waals surface area contributed by atoms with Crippen LogP contribution in [0.1, 0.15) is 65.2 Å². The van der Waals surface area contributed by atoms with E-state index in [1.807, 2.05) is 0 Å². The molecule has 0 aromatic heterocycles. The van der Waals surface area contributed by atoms with Crippen LogP contribution in [0.5, 0.6) is 0 Å². The van der Waals surface area contributed by atoms with Gasteiger partial charge in [0.05, 0.1) is 25.4 Å². The maximum absolute atomic E-state index is 5.93. The predicted molar refractivity (Wildman–Crippen MR) is 108 cm³/mol. The lowest BCUT2D eigenvalue weighted by molar-refractivity contribution is 0.0307. The maximum Gasteiger partial charge on any atom is 0.0583 e. The highest BCUT2D eigenvalue weighted by molar-refractivity contribution is 8.00. The van der Waals surface area contributed by atoms with E-state index >= 15 is 0 Å². The SMILES string of the molecule is CC(S)COC1CCC(SC2CCC(OCC(C)S)CC2)CC1. The zero-order valence-corrected chi connectivity index (χ0v) is 17.3. The van der Waals surface area contributed by atoms with E-state index in [4.69, 9.17) is 9.47 Å². The average molecular weight is 379 g/mol. The molecule has 0 radical (unpaired) electrons. The number of hydrogen-bond donors (Lipinski definition) is 2. The molecule has 2 saturated carbocycles. The fourth-order valence-electron chi connectivity index (χ4n) is 3.49. The second-order valence-corrected chi connectivity index (χ2v) is 10.7. The first kappa shape index (κ1) is 20.3. The van der Waals surface area contributed by atoms with Crippen molar-refractivity contribution in [2.75, 3.05) is 13.2 Å². The summed E-state index contributed by atoms with van der Waals surface area (Å²) in [5.41, 5.74) is 0. The number of rotatable bonds is 8. The smallest absolute Gasteiger partial charge is 0.0583 e. The molecule has 0 saturated heterocycles. The lowest BCUT2D eigenvalue weighted by Gasteiger charge is -2.34. The van der Waals surface area contributed by atoms with Crippen LogP contribution in [0.3, 0.4) is 0 Å². The van der Waals surface area contributed by atoms with Crippen molar-refractivity contribution in [1.82, 2.24) is 0 Å². The van der Waals surface area contributed by atoms with Gasteiger partial charge in [0.2, 0.25) is 0 Å². The molecule has 0 aliphatic heterocycles. The summed E-state index contributed by atoms with van der Waals surface area (Å²) < 4.78 is 11.9. The summed E-state index contributed by atoms with van der Waals surface area (Å²) in [5.74, 6) is 0. The van der Waals surface area contributed by atoms with Gasteiger partial charge < -0.3 is 9.47 Å². The molecular formula is C18H34O2S3. The predicted octanol–water partition coefficient (Wildman–Crippen LogP) is 5.01. The van der Waals surface area contributed by atoms with Crippen molar-refractivity contribution in [2.24, 2.45) is 0 Å².